The Morgan fingerprint density at radius 3 is 2.58 bits per heavy atom. The molecule has 1 unspecified atom stereocenters. The highest BCUT2D eigenvalue weighted by Crippen LogP contribution is 2.25. The second kappa shape index (κ2) is 6.38. The largest absolute Gasteiger partial charge is 0.305 e. The topological polar surface area (TPSA) is 24.9 Å². The number of pyridine rings is 1. The summed E-state index contributed by atoms with van der Waals surface area (Å²) >= 11 is 11.9. The van der Waals surface area contributed by atoms with Crippen LogP contribution in [0.15, 0.2) is 36.5 Å². The molecule has 2 nitrogen and oxygen atoms in total. The molecule has 0 amide bonds. The molecule has 0 aliphatic rings. The van der Waals surface area contributed by atoms with Crippen molar-refractivity contribution in [2.24, 2.45) is 0 Å². The van der Waals surface area contributed by atoms with Crippen molar-refractivity contribution in [3.8, 4) is 0 Å². The second-order valence-corrected chi connectivity index (χ2v) is 5.42. The summed E-state index contributed by atoms with van der Waals surface area (Å²) in [5.41, 5.74) is 3.31. The summed E-state index contributed by atoms with van der Waals surface area (Å²) in [5, 5.41) is 4.58. The van der Waals surface area contributed by atoms with Crippen molar-refractivity contribution in [1.29, 1.82) is 0 Å². The van der Waals surface area contributed by atoms with Gasteiger partial charge in [0.1, 0.15) is 0 Å². The van der Waals surface area contributed by atoms with Gasteiger partial charge in [0, 0.05) is 18.8 Å². The van der Waals surface area contributed by atoms with E-state index < -0.39 is 0 Å². The van der Waals surface area contributed by atoms with Gasteiger partial charge in [-0.2, -0.15) is 0 Å². The van der Waals surface area contributed by atoms with Gasteiger partial charge in [0.15, 0.2) is 0 Å². The van der Waals surface area contributed by atoms with E-state index in [2.05, 4.69) is 23.3 Å². The smallest absolute Gasteiger partial charge is 0.0595 e. The maximum Gasteiger partial charge on any atom is 0.0595 e. The maximum absolute atomic E-state index is 6.02. The number of nitrogens with one attached hydrogen (secondary N) is 1. The Morgan fingerprint density at radius 2 is 1.95 bits per heavy atom. The van der Waals surface area contributed by atoms with Crippen LogP contribution in [0.1, 0.15) is 29.8 Å². The van der Waals surface area contributed by atoms with Crippen LogP contribution in [0.2, 0.25) is 10.0 Å². The predicted molar refractivity (Wildman–Crippen MR) is 80.7 cm³/mol. The van der Waals surface area contributed by atoms with Crippen LogP contribution in [0, 0.1) is 6.92 Å². The quantitative estimate of drug-likeness (QED) is 0.895. The van der Waals surface area contributed by atoms with Gasteiger partial charge in [-0.05, 0) is 43.2 Å². The van der Waals surface area contributed by atoms with Gasteiger partial charge < -0.3 is 5.32 Å². The van der Waals surface area contributed by atoms with Gasteiger partial charge in [-0.25, -0.2) is 0 Å². The molecule has 1 N–H and O–H groups in total. The number of benzene rings is 1. The highest BCUT2D eigenvalue weighted by atomic mass is 35.5. The van der Waals surface area contributed by atoms with E-state index in [1.54, 1.807) is 0 Å². The average molecular weight is 295 g/mol. The molecule has 4 heteroatoms. The van der Waals surface area contributed by atoms with Crippen LogP contribution in [0.3, 0.4) is 0 Å². The van der Waals surface area contributed by atoms with Gasteiger partial charge in [0.2, 0.25) is 0 Å². The minimum Gasteiger partial charge on any atom is -0.305 e. The zero-order valence-electron chi connectivity index (χ0n) is 11.0. The van der Waals surface area contributed by atoms with Crippen LogP contribution in [-0.4, -0.2) is 4.98 Å². The molecule has 0 fully saturated rings. The number of aromatic nitrogens is 1. The highest BCUT2D eigenvalue weighted by molar-refractivity contribution is 6.42. The highest BCUT2D eigenvalue weighted by Gasteiger charge is 2.07. The molecule has 0 saturated carbocycles. The van der Waals surface area contributed by atoms with E-state index in [1.165, 1.54) is 5.56 Å². The molecule has 0 saturated heterocycles. The third kappa shape index (κ3) is 3.93. The minimum atomic E-state index is 0.192. The zero-order chi connectivity index (χ0) is 13.8. The first-order valence-electron chi connectivity index (χ1n) is 6.16. The molecule has 1 aromatic heterocycles. The third-order valence-corrected chi connectivity index (χ3v) is 3.74. The Kier molecular flexibility index (Phi) is 4.81. The fraction of sp³-hybridized carbons (Fsp3) is 0.267. The molecule has 0 radical (unpaired) electrons. The lowest BCUT2D eigenvalue weighted by Crippen LogP contribution is -2.18. The Morgan fingerprint density at radius 1 is 1.16 bits per heavy atom. The van der Waals surface area contributed by atoms with E-state index in [4.69, 9.17) is 23.2 Å². The van der Waals surface area contributed by atoms with Gasteiger partial charge in [0.05, 0.1) is 15.7 Å². The van der Waals surface area contributed by atoms with E-state index in [1.807, 2.05) is 37.4 Å². The molecular weight excluding hydrogens is 279 g/mol. The summed E-state index contributed by atoms with van der Waals surface area (Å²) in [6.07, 6.45) is 1.88. The zero-order valence-corrected chi connectivity index (χ0v) is 12.5. The fourth-order valence-corrected chi connectivity index (χ4v) is 2.07. The molecule has 19 heavy (non-hydrogen) atoms. The molecular formula is C15H16Cl2N2. The average Bonchev–Trinajstić information content (AvgIpc) is 2.41. The molecule has 2 aromatic rings. The van der Waals surface area contributed by atoms with Crippen LogP contribution in [0.4, 0.5) is 0 Å². The first kappa shape index (κ1) is 14.3. The van der Waals surface area contributed by atoms with E-state index in [0.717, 1.165) is 17.8 Å². The Balaban J connectivity index is 1.98. The lowest BCUT2D eigenvalue weighted by molar-refractivity contribution is 0.567. The molecule has 0 aliphatic carbocycles. The Hall–Kier alpha value is -1.09. The summed E-state index contributed by atoms with van der Waals surface area (Å²) < 4.78 is 0. The van der Waals surface area contributed by atoms with Crippen molar-refractivity contribution >= 4 is 23.2 Å². The number of rotatable bonds is 4. The van der Waals surface area contributed by atoms with Gasteiger partial charge in [-0.1, -0.05) is 35.3 Å². The lowest BCUT2D eigenvalue weighted by atomic mass is 10.1. The first-order valence-corrected chi connectivity index (χ1v) is 6.91. The van der Waals surface area contributed by atoms with Crippen LogP contribution < -0.4 is 5.32 Å². The van der Waals surface area contributed by atoms with Crippen molar-refractivity contribution in [3.63, 3.8) is 0 Å². The van der Waals surface area contributed by atoms with E-state index in [-0.39, 0.29) is 6.04 Å². The van der Waals surface area contributed by atoms with Gasteiger partial charge in [-0.3, -0.25) is 4.98 Å². The van der Waals surface area contributed by atoms with E-state index in [9.17, 15) is 0 Å². The maximum atomic E-state index is 6.02. The SMILES string of the molecule is Cc1ccc(CNC(C)c2ccc(Cl)c(Cl)c2)nc1. The van der Waals surface area contributed by atoms with Gasteiger partial charge >= 0.3 is 0 Å². The van der Waals surface area contributed by atoms with Crippen LogP contribution in [-0.2, 0) is 6.54 Å². The summed E-state index contributed by atoms with van der Waals surface area (Å²) in [5.74, 6) is 0. The standard InChI is InChI=1S/C15H16Cl2N2/c1-10-3-5-13(19-8-10)9-18-11(2)12-4-6-14(16)15(17)7-12/h3-8,11,18H,9H2,1-2H3. The molecule has 1 heterocycles. The first-order chi connectivity index (χ1) is 9.06. The van der Waals surface area contributed by atoms with Crippen LogP contribution in [0.5, 0.6) is 0 Å². The number of halogens is 2. The lowest BCUT2D eigenvalue weighted by Gasteiger charge is -2.14. The molecule has 0 spiro atoms. The van der Waals surface area contributed by atoms with Crippen molar-refractivity contribution in [2.45, 2.75) is 26.4 Å². The summed E-state index contributed by atoms with van der Waals surface area (Å²) in [7, 11) is 0. The van der Waals surface area contributed by atoms with E-state index >= 15 is 0 Å². The Bertz CT molecular complexity index is 553. The minimum absolute atomic E-state index is 0.192. The van der Waals surface area contributed by atoms with Crippen LogP contribution in [0.25, 0.3) is 0 Å². The number of aryl methyl sites for hydroxylation is 1. The summed E-state index contributed by atoms with van der Waals surface area (Å²) in [6, 6.07) is 9.98. The van der Waals surface area contributed by atoms with Crippen molar-refractivity contribution in [2.75, 3.05) is 0 Å². The molecule has 0 bridgehead atoms. The molecule has 1 atom stereocenters. The molecule has 0 aliphatic heterocycles. The molecule has 2 rings (SSSR count). The predicted octanol–water partition coefficient (Wildman–Crippen LogP) is 4.55. The van der Waals surface area contributed by atoms with E-state index in [0.29, 0.717) is 10.0 Å². The van der Waals surface area contributed by atoms with Crippen molar-refractivity contribution in [1.82, 2.24) is 10.3 Å². The number of hydrogen-bond donors (Lipinski definition) is 1. The summed E-state index contributed by atoms with van der Waals surface area (Å²) in [4.78, 5) is 4.37. The normalized spacial score (nSPS) is 12.4. The van der Waals surface area contributed by atoms with Crippen molar-refractivity contribution < 1.29 is 0 Å². The van der Waals surface area contributed by atoms with Crippen molar-refractivity contribution in [3.05, 3.63) is 63.4 Å². The monoisotopic (exact) mass is 294 g/mol. The molecule has 100 valence electrons. The van der Waals surface area contributed by atoms with Crippen LogP contribution >= 0.6 is 23.2 Å². The Labute approximate surface area is 123 Å². The number of nitrogens with zero attached hydrogens (tertiary/aromatic N) is 1. The van der Waals surface area contributed by atoms with Gasteiger partial charge in [0.25, 0.3) is 0 Å². The van der Waals surface area contributed by atoms with Gasteiger partial charge in [-0.15, -0.1) is 0 Å². The fourth-order valence-electron chi connectivity index (χ4n) is 1.76. The summed E-state index contributed by atoms with van der Waals surface area (Å²) in [6.45, 7) is 4.85. The third-order valence-electron chi connectivity index (χ3n) is 3.01. The second-order valence-electron chi connectivity index (χ2n) is 4.60. The number of hydrogen-bond acceptors (Lipinski definition) is 2. The molecule has 1 aromatic carbocycles.